The average molecular weight is 714 g/mol. The smallest absolute Gasteiger partial charge is 0.387 e. The van der Waals surface area contributed by atoms with Gasteiger partial charge in [-0.2, -0.15) is 9.97 Å². The maximum atomic E-state index is 12.5. The molecule has 3 aromatic rings. The van der Waals surface area contributed by atoms with E-state index in [4.69, 9.17) is 30.0 Å². The number of ether oxygens (including phenoxy) is 2. The van der Waals surface area contributed by atoms with Crippen molar-refractivity contribution in [1.29, 1.82) is 0 Å². The molecule has 10 N–H and O–H groups in total. The highest BCUT2D eigenvalue weighted by atomic mass is 127. The molecule has 1 unspecified atom stereocenters. The highest BCUT2D eigenvalue weighted by Crippen LogP contribution is 2.45. The van der Waals surface area contributed by atoms with Gasteiger partial charge in [-0.05, 0) is 22.6 Å². The van der Waals surface area contributed by atoms with Crippen molar-refractivity contribution in [3.63, 3.8) is 0 Å². The van der Waals surface area contributed by atoms with Crippen LogP contribution in [0, 0.1) is 3.57 Å². The van der Waals surface area contributed by atoms with Gasteiger partial charge in [0, 0.05) is 6.20 Å². The number of nitrogens with zero attached hydrogens (tertiary/aromatic N) is 5. The number of H-pyrrole nitrogens is 1. The van der Waals surface area contributed by atoms with Crippen molar-refractivity contribution >= 4 is 53.3 Å². The number of aromatic amines is 1. The monoisotopic (exact) mass is 714 g/mol. The molecule has 2 fully saturated rings. The number of nitrogens with two attached hydrogens (primary N) is 2. The van der Waals surface area contributed by atoms with E-state index in [0.29, 0.717) is 3.57 Å². The molecule has 2 aliphatic rings. The summed E-state index contributed by atoms with van der Waals surface area (Å²) in [5.41, 5.74) is 9.51. The van der Waals surface area contributed by atoms with Crippen LogP contribution >= 0.6 is 30.4 Å². The summed E-state index contributed by atoms with van der Waals surface area (Å²) < 4.78 is 35.8. The molecule has 0 saturated carbocycles. The summed E-state index contributed by atoms with van der Waals surface area (Å²) in [6, 6.07) is 0. The molecule has 5 heterocycles. The maximum Gasteiger partial charge on any atom is 0.472 e. The zero-order chi connectivity index (χ0) is 29.8. The first-order valence-corrected chi connectivity index (χ1v) is 14.3. The highest BCUT2D eigenvalue weighted by molar-refractivity contribution is 14.1. The van der Waals surface area contributed by atoms with E-state index in [1.165, 1.54) is 6.20 Å². The number of aliphatic hydroxyl groups excluding tert-OH is 4. The lowest BCUT2D eigenvalue weighted by Gasteiger charge is -2.20. The quantitative estimate of drug-likeness (QED) is 0.0830. The Balaban J connectivity index is 1.20. The number of phosphoric acid groups is 1. The van der Waals surface area contributed by atoms with Gasteiger partial charge in [0.1, 0.15) is 42.4 Å². The van der Waals surface area contributed by atoms with E-state index in [-0.39, 0.29) is 22.9 Å². The Kier molecular flexibility index (Phi) is 8.21. The van der Waals surface area contributed by atoms with E-state index in [1.54, 1.807) is 0 Å². The van der Waals surface area contributed by atoms with Gasteiger partial charge in [-0.1, -0.05) is 0 Å². The van der Waals surface area contributed by atoms with Gasteiger partial charge in [-0.25, -0.2) is 14.3 Å². The topological polar surface area (TPSA) is 306 Å². The molecule has 0 radical (unpaired) electrons. The second kappa shape index (κ2) is 11.3. The number of nitrogen functional groups attached to an aromatic ring is 2. The van der Waals surface area contributed by atoms with Crippen LogP contribution in [0.2, 0.25) is 0 Å². The van der Waals surface area contributed by atoms with Crippen molar-refractivity contribution in [2.24, 2.45) is 0 Å². The minimum absolute atomic E-state index is 0.0386. The van der Waals surface area contributed by atoms with E-state index in [9.17, 15) is 39.5 Å². The number of anilines is 2. The molecule has 0 bridgehead atoms. The Hall–Kier alpha value is -2.57. The van der Waals surface area contributed by atoms with E-state index in [1.807, 2.05) is 22.6 Å². The van der Waals surface area contributed by atoms with Crippen molar-refractivity contribution in [2.75, 3.05) is 24.7 Å². The second-order valence-corrected chi connectivity index (χ2v) is 11.7. The second-order valence-electron chi connectivity index (χ2n) is 9.09. The molecule has 3 aromatic heterocycles. The third-order valence-corrected chi connectivity index (χ3v) is 8.19. The molecular formula is C19H24IN8O12P. The summed E-state index contributed by atoms with van der Waals surface area (Å²) >= 11 is 1.81. The summed E-state index contributed by atoms with van der Waals surface area (Å²) in [6.07, 6.45) is -9.46. The van der Waals surface area contributed by atoms with Gasteiger partial charge < -0.3 is 46.3 Å². The van der Waals surface area contributed by atoms with Crippen LogP contribution in [0.15, 0.2) is 22.1 Å². The standard InChI is InChI=1S/C19H24IN8O12P/c20-5-1-27(19(34)24-13(5)21)16-11(31)9(29)6(39-16)2-37-41(35,36)38-3-7-10(30)12(32)17(40-7)28-4-23-8-14(28)25-18(22)26-15(8)33/h1,4,6-7,9-12,16-17,29-32H,2-3H2,(H,35,36)(H2,21,24,34)(H3,22,25,26,33)/t6-,7-,9+,10+,11-,12-,16-,17-/m1/s1. The predicted octanol–water partition coefficient (Wildman–Crippen LogP) is -3.48. The first kappa shape index (κ1) is 29.9. The van der Waals surface area contributed by atoms with Gasteiger partial charge in [-0.15, -0.1) is 0 Å². The van der Waals surface area contributed by atoms with E-state index in [0.717, 1.165) is 15.5 Å². The number of halogens is 1. The summed E-state index contributed by atoms with van der Waals surface area (Å²) in [5, 5.41) is 41.7. The highest BCUT2D eigenvalue weighted by Gasteiger charge is 2.47. The Morgan fingerprint density at radius 2 is 1.54 bits per heavy atom. The molecule has 224 valence electrons. The number of phosphoric ester groups is 1. The molecule has 9 atom stereocenters. The van der Waals surface area contributed by atoms with Crippen LogP contribution in [0.3, 0.4) is 0 Å². The Labute approximate surface area is 241 Å². The lowest BCUT2D eigenvalue weighted by atomic mass is 10.1. The van der Waals surface area contributed by atoms with Crippen LogP contribution in [0.4, 0.5) is 11.8 Å². The summed E-state index contributed by atoms with van der Waals surface area (Å²) in [5.74, 6) is -0.263. The van der Waals surface area contributed by atoms with Gasteiger partial charge in [0.25, 0.3) is 5.56 Å². The van der Waals surface area contributed by atoms with Crippen LogP contribution in [0.5, 0.6) is 0 Å². The summed E-state index contributed by atoms with van der Waals surface area (Å²) in [4.78, 5) is 48.1. The molecule has 5 rings (SSSR count). The number of fused-ring (bicyclic) bond motifs is 1. The predicted molar refractivity (Wildman–Crippen MR) is 142 cm³/mol. The van der Waals surface area contributed by atoms with E-state index < -0.39 is 81.4 Å². The van der Waals surface area contributed by atoms with Gasteiger partial charge >= 0.3 is 13.5 Å². The van der Waals surface area contributed by atoms with Crippen molar-refractivity contribution < 1.29 is 48.4 Å². The molecule has 20 nitrogen and oxygen atoms in total. The number of nitrogens with one attached hydrogen (secondary N) is 1. The molecular weight excluding hydrogens is 690 g/mol. The summed E-state index contributed by atoms with van der Waals surface area (Å²) in [6.45, 7) is -1.49. The van der Waals surface area contributed by atoms with Crippen LogP contribution in [0.25, 0.3) is 11.2 Å². The number of aromatic nitrogens is 6. The normalized spacial score (nSPS) is 31.6. The summed E-state index contributed by atoms with van der Waals surface area (Å²) in [7, 11) is -4.88. The molecule has 0 spiro atoms. The molecule has 22 heteroatoms. The zero-order valence-corrected chi connectivity index (χ0v) is 23.5. The number of hydrogen-bond acceptors (Lipinski definition) is 16. The van der Waals surface area contributed by atoms with Gasteiger partial charge in [0.15, 0.2) is 23.6 Å². The van der Waals surface area contributed by atoms with Crippen LogP contribution in [-0.4, -0.2) is 104 Å². The average Bonchev–Trinajstić information content (AvgIpc) is 3.54. The molecule has 0 aromatic carbocycles. The fraction of sp³-hybridized carbons (Fsp3) is 0.526. The van der Waals surface area contributed by atoms with Crippen molar-refractivity contribution in [2.45, 2.75) is 49.1 Å². The molecule has 0 amide bonds. The first-order chi connectivity index (χ1) is 19.3. The van der Waals surface area contributed by atoms with Crippen molar-refractivity contribution in [3.8, 4) is 0 Å². The number of imidazole rings is 1. The Bertz CT molecular complexity index is 1620. The third-order valence-electron chi connectivity index (χ3n) is 6.41. The zero-order valence-electron chi connectivity index (χ0n) is 20.5. The third kappa shape index (κ3) is 5.75. The van der Waals surface area contributed by atoms with E-state index >= 15 is 0 Å². The number of rotatable bonds is 8. The van der Waals surface area contributed by atoms with Crippen LogP contribution < -0.4 is 22.7 Å². The van der Waals surface area contributed by atoms with Crippen LogP contribution in [0.1, 0.15) is 12.5 Å². The van der Waals surface area contributed by atoms with E-state index in [2.05, 4.69) is 19.9 Å². The fourth-order valence-electron chi connectivity index (χ4n) is 4.34. The lowest BCUT2D eigenvalue weighted by molar-refractivity contribution is -0.0626. The molecule has 2 aliphatic heterocycles. The lowest BCUT2D eigenvalue weighted by Crippen LogP contribution is -2.36. The number of hydrogen-bond donors (Lipinski definition) is 8. The molecule has 0 aliphatic carbocycles. The number of aliphatic hydroxyl groups is 4. The first-order valence-electron chi connectivity index (χ1n) is 11.7. The molecule has 2 saturated heterocycles. The SMILES string of the molecule is Nc1nc2c(ncn2[C@@H]2O[C@H](COP(=O)(O)OC[C@H]3O[C@@H](n4cc(I)c(N)nc4=O)[C@H](O)[C@H]3O)[C@H](O)[C@H]2O)c(=O)[nH]1. The maximum absolute atomic E-state index is 12.5. The van der Waals surface area contributed by atoms with Crippen molar-refractivity contribution in [3.05, 3.63) is 36.9 Å². The Morgan fingerprint density at radius 1 is 0.976 bits per heavy atom. The van der Waals surface area contributed by atoms with Gasteiger partial charge in [0.05, 0.1) is 23.1 Å². The van der Waals surface area contributed by atoms with Gasteiger partial charge in [-0.3, -0.25) is 28.0 Å². The van der Waals surface area contributed by atoms with Crippen LogP contribution in [-0.2, 0) is 23.1 Å². The Morgan fingerprint density at radius 3 is 2.12 bits per heavy atom. The van der Waals surface area contributed by atoms with Crippen molar-refractivity contribution in [1.82, 2.24) is 29.1 Å². The fourth-order valence-corrected chi connectivity index (χ4v) is 5.50. The minimum atomic E-state index is -4.88. The van der Waals surface area contributed by atoms with Gasteiger partial charge in [0.2, 0.25) is 5.95 Å². The minimum Gasteiger partial charge on any atom is -0.387 e. The molecule has 41 heavy (non-hydrogen) atoms. The largest absolute Gasteiger partial charge is 0.472 e.